The summed E-state index contributed by atoms with van der Waals surface area (Å²) >= 11 is 0. The number of ether oxygens (including phenoxy) is 7. The van der Waals surface area contributed by atoms with E-state index in [0.29, 0.717) is 5.56 Å². The zero-order valence-corrected chi connectivity index (χ0v) is 26.6. The summed E-state index contributed by atoms with van der Waals surface area (Å²) in [7, 11) is 0. The van der Waals surface area contributed by atoms with Gasteiger partial charge in [0.15, 0.2) is 18.7 Å². The molecular weight excluding hydrogens is 632 g/mol. The summed E-state index contributed by atoms with van der Waals surface area (Å²) in [6, 6.07) is 35.7. The van der Waals surface area contributed by atoms with Crippen molar-refractivity contribution in [1.82, 2.24) is 0 Å². The summed E-state index contributed by atoms with van der Waals surface area (Å²) in [5, 5.41) is 22.1. The molecule has 0 amide bonds. The molecule has 2 N–H and O–H groups in total. The van der Waals surface area contributed by atoms with Gasteiger partial charge >= 0.3 is 11.9 Å². The van der Waals surface area contributed by atoms with Crippen molar-refractivity contribution in [1.29, 1.82) is 0 Å². The van der Waals surface area contributed by atoms with Crippen LogP contribution in [-0.2, 0) is 46.4 Å². The van der Waals surface area contributed by atoms with Gasteiger partial charge < -0.3 is 43.4 Å². The van der Waals surface area contributed by atoms with Gasteiger partial charge in [0.05, 0.1) is 30.9 Å². The van der Waals surface area contributed by atoms with Gasteiger partial charge in [0.1, 0.15) is 37.1 Å². The molecule has 8 atom stereocenters. The normalized spacial score (nSPS) is 26.3. The molecule has 0 saturated carbocycles. The Kier molecular flexibility index (Phi) is 11.8. The number of hydrogen-bond donors (Lipinski definition) is 2. The van der Waals surface area contributed by atoms with E-state index >= 15 is 0 Å². The fourth-order valence-corrected chi connectivity index (χ4v) is 5.63. The lowest BCUT2D eigenvalue weighted by molar-refractivity contribution is -0.200. The molecule has 11 nitrogen and oxygen atoms in total. The van der Waals surface area contributed by atoms with E-state index in [9.17, 15) is 19.8 Å². The standard InChI is InChI=1S/C38H38O11/c39-31-29(23-45-35(40)27-17-9-3-10-18-27)48-38(33(31)49-36(41)28-19-11-4-12-20-28)46-24-30-32(43-21-25-13-5-1-6-14-25)34(37(42)47-30)44-22-26-15-7-2-8-16-26/h1-20,29-34,37-39,42H,21-24H2/t29-,30-,31-,32-,33+,34+,37+,38+/m1/s1. The van der Waals surface area contributed by atoms with Crippen LogP contribution in [-0.4, -0.2) is 84.6 Å². The monoisotopic (exact) mass is 670 g/mol. The molecule has 0 bridgehead atoms. The summed E-state index contributed by atoms with van der Waals surface area (Å²) in [5.41, 5.74) is 2.42. The Balaban J connectivity index is 1.15. The van der Waals surface area contributed by atoms with E-state index in [1.54, 1.807) is 60.7 Å². The minimum absolute atomic E-state index is 0.186. The van der Waals surface area contributed by atoms with Crippen LogP contribution in [0.1, 0.15) is 31.8 Å². The van der Waals surface area contributed by atoms with Gasteiger partial charge in [-0.15, -0.1) is 0 Å². The molecule has 0 radical (unpaired) electrons. The Morgan fingerprint density at radius 2 is 1.06 bits per heavy atom. The molecule has 11 heteroatoms. The highest BCUT2D eigenvalue weighted by Gasteiger charge is 2.50. The third-order valence-corrected chi connectivity index (χ3v) is 8.22. The largest absolute Gasteiger partial charge is 0.459 e. The van der Waals surface area contributed by atoms with E-state index in [4.69, 9.17) is 33.2 Å². The molecule has 4 aromatic rings. The Labute approximate surface area is 283 Å². The van der Waals surface area contributed by atoms with Gasteiger partial charge in [-0.05, 0) is 35.4 Å². The number of benzene rings is 4. The van der Waals surface area contributed by atoms with Crippen LogP contribution in [0.4, 0.5) is 0 Å². The zero-order chi connectivity index (χ0) is 34.0. The number of carbonyl (C=O) groups is 2. The van der Waals surface area contributed by atoms with E-state index in [2.05, 4.69) is 0 Å². The Morgan fingerprint density at radius 1 is 0.551 bits per heavy atom. The highest BCUT2D eigenvalue weighted by molar-refractivity contribution is 5.90. The molecule has 256 valence electrons. The Hall–Kier alpha value is -4.46. The van der Waals surface area contributed by atoms with Gasteiger partial charge in [0, 0.05) is 0 Å². The molecule has 49 heavy (non-hydrogen) atoms. The third kappa shape index (κ3) is 8.97. The fraction of sp³-hybridized carbons (Fsp3) is 0.316. The second-order valence-electron chi connectivity index (χ2n) is 11.7. The molecule has 0 unspecified atom stereocenters. The maximum atomic E-state index is 13.0. The van der Waals surface area contributed by atoms with Gasteiger partial charge in [-0.25, -0.2) is 9.59 Å². The first-order chi connectivity index (χ1) is 24.0. The number of esters is 2. The predicted molar refractivity (Wildman–Crippen MR) is 174 cm³/mol. The highest BCUT2D eigenvalue weighted by atomic mass is 16.7. The van der Waals surface area contributed by atoms with Crippen LogP contribution in [0.25, 0.3) is 0 Å². The number of rotatable bonds is 14. The molecule has 4 aromatic carbocycles. The van der Waals surface area contributed by atoms with Crippen molar-refractivity contribution in [2.24, 2.45) is 0 Å². The van der Waals surface area contributed by atoms with Gasteiger partial charge in [0.2, 0.25) is 0 Å². The minimum Gasteiger partial charge on any atom is -0.459 e. The maximum Gasteiger partial charge on any atom is 0.338 e. The van der Waals surface area contributed by atoms with Crippen molar-refractivity contribution < 1.29 is 53.0 Å². The topological polar surface area (TPSA) is 139 Å². The van der Waals surface area contributed by atoms with Crippen molar-refractivity contribution in [3.8, 4) is 0 Å². The van der Waals surface area contributed by atoms with E-state index in [0.717, 1.165) is 11.1 Å². The number of aliphatic hydroxyl groups excluding tert-OH is 2. The molecule has 2 saturated heterocycles. The van der Waals surface area contributed by atoms with Crippen molar-refractivity contribution in [3.63, 3.8) is 0 Å². The molecule has 2 heterocycles. The van der Waals surface area contributed by atoms with Crippen LogP contribution in [0.3, 0.4) is 0 Å². The maximum absolute atomic E-state index is 13.0. The van der Waals surface area contributed by atoms with Crippen molar-refractivity contribution in [2.75, 3.05) is 13.2 Å². The summed E-state index contributed by atoms with van der Waals surface area (Å²) in [5.74, 6) is -1.30. The molecule has 2 aliphatic heterocycles. The van der Waals surface area contributed by atoms with E-state index in [1.165, 1.54) is 0 Å². The highest BCUT2D eigenvalue weighted by Crippen LogP contribution is 2.31. The van der Waals surface area contributed by atoms with Gasteiger partial charge in [-0.3, -0.25) is 0 Å². The lowest BCUT2D eigenvalue weighted by atomic mass is 10.1. The summed E-state index contributed by atoms with van der Waals surface area (Å²) in [6.07, 6.45) is -8.82. The molecule has 6 rings (SSSR count). The third-order valence-electron chi connectivity index (χ3n) is 8.22. The second kappa shape index (κ2) is 16.8. The first-order valence-electron chi connectivity index (χ1n) is 16.0. The molecule has 0 spiro atoms. The molecule has 0 aliphatic carbocycles. The van der Waals surface area contributed by atoms with Crippen molar-refractivity contribution >= 4 is 11.9 Å². The van der Waals surface area contributed by atoms with Crippen LogP contribution in [0, 0.1) is 0 Å². The summed E-state index contributed by atoms with van der Waals surface area (Å²) < 4.78 is 41.4. The fourth-order valence-electron chi connectivity index (χ4n) is 5.63. The zero-order valence-electron chi connectivity index (χ0n) is 26.6. The number of hydrogen-bond acceptors (Lipinski definition) is 11. The average Bonchev–Trinajstić information content (AvgIpc) is 3.62. The molecule has 2 aliphatic rings. The quantitative estimate of drug-likeness (QED) is 0.188. The number of carbonyl (C=O) groups excluding carboxylic acids is 2. The Morgan fingerprint density at radius 3 is 1.63 bits per heavy atom. The van der Waals surface area contributed by atoms with Crippen LogP contribution < -0.4 is 0 Å². The number of aliphatic hydroxyl groups is 2. The Bertz CT molecular complexity index is 1610. The van der Waals surface area contributed by atoms with Crippen molar-refractivity contribution in [3.05, 3.63) is 144 Å². The molecular formula is C38H38O11. The predicted octanol–water partition coefficient (Wildman–Crippen LogP) is 4.06. The molecule has 0 aromatic heterocycles. The van der Waals surface area contributed by atoms with Crippen LogP contribution >= 0.6 is 0 Å². The second-order valence-corrected chi connectivity index (χ2v) is 11.7. The summed E-state index contributed by atoms with van der Waals surface area (Å²) in [4.78, 5) is 25.6. The van der Waals surface area contributed by atoms with Crippen LogP contribution in [0.15, 0.2) is 121 Å². The first kappa shape index (κ1) is 34.4. The van der Waals surface area contributed by atoms with E-state index < -0.39 is 61.1 Å². The van der Waals surface area contributed by atoms with Crippen molar-refractivity contribution in [2.45, 2.75) is 62.4 Å². The van der Waals surface area contributed by atoms with Gasteiger partial charge in [-0.1, -0.05) is 97.1 Å². The lowest BCUT2D eigenvalue weighted by Crippen LogP contribution is -2.42. The summed E-state index contributed by atoms with van der Waals surface area (Å²) in [6.45, 7) is -0.0857. The smallest absolute Gasteiger partial charge is 0.338 e. The van der Waals surface area contributed by atoms with E-state index in [-0.39, 0.29) is 32.0 Å². The van der Waals surface area contributed by atoms with Gasteiger partial charge in [0.25, 0.3) is 0 Å². The van der Waals surface area contributed by atoms with Crippen LogP contribution in [0.5, 0.6) is 0 Å². The van der Waals surface area contributed by atoms with Crippen LogP contribution in [0.2, 0.25) is 0 Å². The SMILES string of the molecule is O=C(OC[C@H]1O[C@H](OC[C@H]2O[C@H](O)[C@@H](OCc3ccccc3)[C@@H]2OCc2ccccc2)[C@@H](OC(=O)c2ccccc2)[C@@H]1O)c1ccccc1. The first-order valence-corrected chi connectivity index (χ1v) is 16.0. The van der Waals surface area contributed by atoms with Gasteiger partial charge in [-0.2, -0.15) is 0 Å². The molecule has 2 fully saturated rings. The average molecular weight is 671 g/mol. The lowest BCUT2D eigenvalue weighted by Gasteiger charge is -2.26. The minimum atomic E-state index is -1.40. The van der Waals surface area contributed by atoms with E-state index in [1.807, 2.05) is 60.7 Å².